The molecule has 0 atom stereocenters. The maximum absolute atomic E-state index is 12.2. The Kier molecular flexibility index (Phi) is 3.55. The summed E-state index contributed by atoms with van der Waals surface area (Å²) in [6, 6.07) is 7.00. The molecule has 21 heavy (non-hydrogen) atoms. The minimum Gasteiger partial charge on any atom is -0.408 e. The number of benzene rings is 1. The molecule has 6 heteroatoms. The van der Waals surface area contributed by atoms with Gasteiger partial charge in [-0.25, -0.2) is 4.79 Å². The summed E-state index contributed by atoms with van der Waals surface area (Å²) in [6.07, 6.45) is 3.54. The van der Waals surface area contributed by atoms with Gasteiger partial charge in [-0.15, -0.1) is 0 Å². The molecule has 1 saturated carbocycles. The van der Waals surface area contributed by atoms with Crippen LogP contribution < -0.4 is 11.1 Å². The molecule has 1 aromatic heterocycles. The molecule has 0 unspecified atom stereocenters. The zero-order valence-electron chi connectivity index (χ0n) is 11.7. The van der Waals surface area contributed by atoms with Crippen molar-refractivity contribution in [3.63, 3.8) is 0 Å². The van der Waals surface area contributed by atoms with Crippen molar-refractivity contribution in [1.82, 2.24) is 9.88 Å². The van der Waals surface area contributed by atoms with Crippen molar-refractivity contribution in [2.45, 2.75) is 37.8 Å². The van der Waals surface area contributed by atoms with Crippen molar-refractivity contribution < 1.29 is 14.3 Å². The molecular formula is C15H18N2O4. The molecule has 6 nitrogen and oxygen atoms in total. The number of aliphatic hydroxyl groups excluding tert-OH is 1. The van der Waals surface area contributed by atoms with E-state index in [1.165, 1.54) is 4.57 Å². The van der Waals surface area contributed by atoms with Gasteiger partial charge in [-0.1, -0.05) is 25.0 Å². The summed E-state index contributed by atoms with van der Waals surface area (Å²) in [5, 5.41) is 12.4. The molecular weight excluding hydrogens is 272 g/mol. The summed E-state index contributed by atoms with van der Waals surface area (Å²) in [5.74, 6) is -0.824. The molecule has 1 aromatic carbocycles. The van der Waals surface area contributed by atoms with E-state index in [0.29, 0.717) is 11.1 Å². The number of carbonyl (C=O) groups excluding carboxylic acids is 1. The van der Waals surface area contributed by atoms with E-state index >= 15 is 0 Å². The Morgan fingerprint density at radius 1 is 1.33 bits per heavy atom. The Morgan fingerprint density at radius 3 is 2.76 bits per heavy atom. The molecule has 112 valence electrons. The second-order valence-corrected chi connectivity index (χ2v) is 5.62. The van der Waals surface area contributed by atoms with Gasteiger partial charge >= 0.3 is 5.76 Å². The number of rotatable bonds is 4. The molecule has 1 fully saturated rings. The van der Waals surface area contributed by atoms with E-state index in [0.717, 1.165) is 25.7 Å². The van der Waals surface area contributed by atoms with Gasteiger partial charge in [0, 0.05) is 0 Å². The highest BCUT2D eigenvalue weighted by molar-refractivity contribution is 5.80. The highest BCUT2D eigenvalue weighted by Crippen LogP contribution is 2.29. The summed E-state index contributed by atoms with van der Waals surface area (Å²) in [6.45, 7) is -0.169. The quantitative estimate of drug-likeness (QED) is 0.880. The summed E-state index contributed by atoms with van der Waals surface area (Å²) in [7, 11) is 0. The summed E-state index contributed by atoms with van der Waals surface area (Å²) >= 11 is 0. The van der Waals surface area contributed by atoms with Gasteiger partial charge in [0.2, 0.25) is 5.91 Å². The molecule has 1 aliphatic carbocycles. The van der Waals surface area contributed by atoms with E-state index in [2.05, 4.69) is 5.32 Å². The Bertz CT molecular complexity index is 710. The first kappa shape index (κ1) is 13.9. The van der Waals surface area contributed by atoms with Crippen molar-refractivity contribution in [3.8, 4) is 0 Å². The molecule has 0 radical (unpaired) electrons. The van der Waals surface area contributed by atoms with Gasteiger partial charge < -0.3 is 14.8 Å². The number of para-hydroxylation sites is 2. The standard InChI is InChI=1S/C15H18N2O4/c18-10-15(7-3-4-8-15)16-13(19)9-17-11-5-1-2-6-12(11)21-14(17)20/h1-2,5-6,18H,3-4,7-10H2,(H,16,19). The van der Waals surface area contributed by atoms with Crippen LogP contribution in [0.25, 0.3) is 11.1 Å². The van der Waals surface area contributed by atoms with Gasteiger partial charge in [0.1, 0.15) is 6.54 Å². The number of nitrogens with zero attached hydrogens (tertiary/aromatic N) is 1. The monoisotopic (exact) mass is 290 g/mol. The predicted octanol–water partition coefficient (Wildman–Crippen LogP) is 1.02. The van der Waals surface area contributed by atoms with E-state index < -0.39 is 11.3 Å². The zero-order chi connectivity index (χ0) is 14.9. The van der Waals surface area contributed by atoms with E-state index in [9.17, 15) is 14.7 Å². The average molecular weight is 290 g/mol. The number of oxazole rings is 1. The molecule has 0 spiro atoms. The minimum atomic E-state index is -0.546. The van der Waals surface area contributed by atoms with E-state index in [1.807, 2.05) is 0 Å². The fourth-order valence-corrected chi connectivity index (χ4v) is 3.02. The number of aromatic nitrogens is 1. The maximum Gasteiger partial charge on any atom is 0.420 e. The van der Waals surface area contributed by atoms with Crippen molar-refractivity contribution in [2.75, 3.05) is 6.61 Å². The summed E-state index contributed by atoms with van der Waals surface area (Å²) < 4.78 is 6.41. The van der Waals surface area contributed by atoms with Crippen LogP contribution >= 0.6 is 0 Å². The number of hydrogen-bond acceptors (Lipinski definition) is 4. The van der Waals surface area contributed by atoms with Crippen LogP contribution in [0.4, 0.5) is 0 Å². The first-order valence-electron chi connectivity index (χ1n) is 7.14. The van der Waals surface area contributed by atoms with Gasteiger partial charge in [-0.05, 0) is 25.0 Å². The number of nitrogens with one attached hydrogen (secondary N) is 1. The normalized spacial score (nSPS) is 17.2. The number of amides is 1. The average Bonchev–Trinajstić information content (AvgIpc) is 3.05. The van der Waals surface area contributed by atoms with Crippen molar-refractivity contribution in [2.24, 2.45) is 0 Å². The van der Waals surface area contributed by atoms with Crippen LogP contribution in [-0.4, -0.2) is 27.7 Å². The molecule has 2 N–H and O–H groups in total. The number of hydrogen-bond donors (Lipinski definition) is 2. The largest absolute Gasteiger partial charge is 0.420 e. The van der Waals surface area contributed by atoms with Gasteiger partial charge in [0.25, 0.3) is 0 Å². The highest BCUT2D eigenvalue weighted by atomic mass is 16.4. The van der Waals surface area contributed by atoms with Gasteiger partial charge in [-0.3, -0.25) is 9.36 Å². The predicted molar refractivity (Wildman–Crippen MR) is 76.9 cm³/mol. The van der Waals surface area contributed by atoms with Crippen LogP contribution in [0.5, 0.6) is 0 Å². The summed E-state index contributed by atoms with van der Waals surface area (Å²) in [4.78, 5) is 24.0. The van der Waals surface area contributed by atoms with Crippen LogP contribution in [0.2, 0.25) is 0 Å². The molecule has 1 heterocycles. The van der Waals surface area contributed by atoms with E-state index in [-0.39, 0.29) is 19.1 Å². The lowest BCUT2D eigenvalue weighted by molar-refractivity contribution is -0.124. The Balaban J connectivity index is 1.80. The van der Waals surface area contributed by atoms with Crippen LogP contribution in [-0.2, 0) is 11.3 Å². The Morgan fingerprint density at radius 2 is 2.05 bits per heavy atom. The van der Waals surface area contributed by atoms with Crippen LogP contribution in [0, 0.1) is 0 Å². The number of aliphatic hydroxyl groups is 1. The lowest BCUT2D eigenvalue weighted by atomic mass is 9.99. The SMILES string of the molecule is O=C(Cn1c(=O)oc2ccccc21)NC1(CO)CCCC1. The van der Waals surface area contributed by atoms with Gasteiger partial charge in [0.15, 0.2) is 5.58 Å². The Hall–Kier alpha value is -2.08. The molecule has 0 saturated heterocycles. The molecule has 0 bridgehead atoms. The Labute approximate surface area is 121 Å². The molecule has 1 amide bonds. The molecule has 3 rings (SSSR count). The third-order valence-corrected chi connectivity index (χ3v) is 4.14. The third kappa shape index (κ3) is 2.58. The second kappa shape index (κ2) is 5.37. The lowest BCUT2D eigenvalue weighted by Crippen LogP contribution is -2.50. The minimum absolute atomic E-state index is 0.0697. The van der Waals surface area contributed by atoms with Crippen LogP contribution in [0.15, 0.2) is 33.5 Å². The van der Waals surface area contributed by atoms with Crippen molar-refractivity contribution in [1.29, 1.82) is 0 Å². The summed E-state index contributed by atoms with van der Waals surface area (Å²) in [5.41, 5.74) is 0.537. The third-order valence-electron chi connectivity index (χ3n) is 4.14. The zero-order valence-corrected chi connectivity index (χ0v) is 11.7. The number of fused-ring (bicyclic) bond motifs is 1. The van der Waals surface area contributed by atoms with Gasteiger partial charge in [-0.2, -0.15) is 0 Å². The molecule has 0 aliphatic heterocycles. The van der Waals surface area contributed by atoms with Crippen LogP contribution in [0.1, 0.15) is 25.7 Å². The topological polar surface area (TPSA) is 84.5 Å². The molecule has 2 aromatic rings. The van der Waals surface area contributed by atoms with E-state index in [1.54, 1.807) is 24.3 Å². The van der Waals surface area contributed by atoms with Gasteiger partial charge in [0.05, 0.1) is 17.7 Å². The maximum atomic E-state index is 12.2. The molecule has 1 aliphatic rings. The van der Waals surface area contributed by atoms with E-state index in [4.69, 9.17) is 4.42 Å². The highest BCUT2D eigenvalue weighted by Gasteiger charge is 2.34. The van der Waals surface area contributed by atoms with Crippen molar-refractivity contribution >= 4 is 17.0 Å². The van der Waals surface area contributed by atoms with Crippen LogP contribution in [0.3, 0.4) is 0 Å². The second-order valence-electron chi connectivity index (χ2n) is 5.62. The smallest absolute Gasteiger partial charge is 0.408 e. The first-order chi connectivity index (χ1) is 10.1. The first-order valence-corrected chi connectivity index (χ1v) is 7.14. The fraction of sp³-hybridized carbons (Fsp3) is 0.467. The number of carbonyl (C=O) groups is 1. The van der Waals surface area contributed by atoms with Crippen molar-refractivity contribution in [3.05, 3.63) is 34.8 Å². The lowest BCUT2D eigenvalue weighted by Gasteiger charge is -2.27. The fourth-order valence-electron chi connectivity index (χ4n) is 3.02.